The van der Waals surface area contributed by atoms with Crippen LogP contribution in [0.2, 0.25) is 0 Å². The first-order valence-corrected chi connectivity index (χ1v) is 10.2. The fourth-order valence-electron chi connectivity index (χ4n) is 2.56. The Hall–Kier alpha value is -2.34. The van der Waals surface area contributed by atoms with Gasteiger partial charge in [0.15, 0.2) is 0 Å². The Morgan fingerprint density at radius 1 is 0.923 bits per heavy atom. The summed E-state index contributed by atoms with van der Waals surface area (Å²) in [6.45, 7) is 6.24. The molecule has 0 saturated heterocycles. The van der Waals surface area contributed by atoms with Gasteiger partial charge in [-0.1, -0.05) is 32.9 Å². The Labute approximate surface area is 154 Å². The van der Waals surface area contributed by atoms with Gasteiger partial charge in [-0.05, 0) is 60.2 Å². The lowest BCUT2D eigenvalue weighted by Gasteiger charge is -2.19. The summed E-state index contributed by atoms with van der Waals surface area (Å²) < 4.78 is 27.7. The molecule has 1 fully saturated rings. The van der Waals surface area contributed by atoms with E-state index in [2.05, 4.69) is 30.8 Å². The van der Waals surface area contributed by atoms with E-state index in [4.69, 9.17) is 0 Å². The Morgan fingerprint density at radius 2 is 1.46 bits per heavy atom. The number of sulfonamides is 1. The largest absolute Gasteiger partial charge is 0.326 e. The minimum Gasteiger partial charge on any atom is -0.326 e. The highest BCUT2D eigenvalue weighted by molar-refractivity contribution is 7.92. The minimum absolute atomic E-state index is 0.0252. The number of amides is 1. The molecule has 0 spiro atoms. The molecule has 26 heavy (non-hydrogen) atoms. The second kappa shape index (κ2) is 6.76. The van der Waals surface area contributed by atoms with E-state index in [0.29, 0.717) is 11.4 Å². The third-order valence-corrected chi connectivity index (χ3v) is 5.78. The average Bonchev–Trinajstić information content (AvgIpc) is 3.41. The van der Waals surface area contributed by atoms with Gasteiger partial charge in [-0.3, -0.25) is 9.52 Å². The monoisotopic (exact) mass is 372 g/mol. The summed E-state index contributed by atoms with van der Waals surface area (Å²) in [5.74, 6) is 0.154. The van der Waals surface area contributed by atoms with Gasteiger partial charge in [0.25, 0.3) is 10.0 Å². The number of anilines is 2. The van der Waals surface area contributed by atoms with Crippen molar-refractivity contribution in [1.82, 2.24) is 0 Å². The molecule has 138 valence electrons. The number of carbonyl (C=O) groups is 1. The van der Waals surface area contributed by atoms with E-state index >= 15 is 0 Å². The van der Waals surface area contributed by atoms with Crippen LogP contribution in [0.15, 0.2) is 53.4 Å². The van der Waals surface area contributed by atoms with Gasteiger partial charge < -0.3 is 5.32 Å². The van der Waals surface area contributed by atoms with E-state index in [9.17, 15) is 13.2 Å². The first kappa shape index (κ1) is 18.5. The Balaban J connectivity index is 1.69. The standard InChI is InChI=1S/C20H24N2O3S/c1-20(2,3)15-6-12-18(13-7-15)26(24,25)22-17-10-8-16(9-11-17)21-19(23)14-4-5-14/h6-14,22H,4-5H2,1-3H3,(H,21,23). The molecule has 0 atom stereocenters. The van der Waals surface area contributed by atoms with Crippen LogP contribution in [-0.4, -0.2) is 14.3 Å². The van der Waals surface area contributed by atoms with Crippen LogP contribution in [0, 0.1) is 5.92 Å². The van der Waals surface area contributed by atoms with Crippen LogP contribution in [0.3, 0.4) is 0 Å². The number of hydrogen-bond donors (Lipinski definition) is 2. The van der Waals surface area contributed by atoms with Crippen LogP contribution < -0.4 is 10.0 Å². The fraction of sp³-hybridized carbons (Fsp3) is 0.350. The van der Waals surface area contributed by atoms with Gasteiger partial charge >= 0.3 is 0 Å². The number of hydrogen-bond acceptors (Lipinski definition) is 3. The van der Waals surface area contributed by atoms with E-state index < -0.39 is 10.0 Å². The van der Waals surface area contributed by atoms with Crippen LogP contribution in [0.25, 0.3) is 0 Å². The molecule has 0 unspecified atom stereocenters. The smallest absolute Gasteiger partial charge is 0.261 e. The van der Waals surface area contributed by atoms with Gasteiger partial charge in [0, 0.05) is 17.3 Å². The molecule has 3 rings (SSSR count). The van der Waals surface area contributed by atoms with Gasteiger partial charge in [0.2, 0.25) is 5.91 Å². The van der Waals surface area contributed by atoms with Crippen LogP contribution in [-0.2, 0) is 20.2 Å². The lowest BCUT2D eigenvalue weighted by molar-refractivity contribution is -0.117. The maximum atomic E-state index is 12.5. The molecule has 2 aromatic rings. The summed E-state index contributed by atoms with van der Waals surface area (Å²) in [5.41, 5.74) is 2.16. The summed E-state index contributed by atoms with van der Waals surface area (Å²) in [5, 5.41) is 2.83. The Bertz CT molecular complexity index is 892. The molecule has 1 aliphatic rings. The summed E-state index contributed by atoms with van der Waals surface area (Å²) in [4.78, 5) is 12.0. The number of benzene rings is 2. The second-order valence-electron chi connectivity index (χ2n) is 7.72. The molecule has 2 aromatic carbocycles. The van der Waals surface area contributed by atoms with Gasteiger partial charge in [-0.25, -0.2) is 8.42 Å². The number of carbonyl (C=O) groups excluding carboxylic acids is 1. The molecule has 1 aliphatic carbocycles. The molecule has 0 bridgehead atoms. The molecule has 5 nitrogen and oxygen atoms in total. The van der Waals surface area contributed by atoms with Crippen LogP contribution in [0.1, 0.15) is 39.2 Å². The number of rotatable bonds is 5. The first-order valence-electron chi connectivity index (χ1n) is 8.69. The molecule has 0 heterocycles. The summed E-state index contributed by atoms with van der Waals surface area (Å²) >= 11 is 0. The average molecular weight is 372 g/mol. The fourth-order valence-corrected chi connectivity index (χ4v) is 3.62. The van der Waals surface area contributed by atoms with Crippen molar-refractivity contribution in [3.8, 4) is 0 Å². The van der Waals surface area contributed by atoms with Gasteiger partial charge in [-0.2, -0.15) is 0 Å². The quantitative estimate of drug-likeness (QED) is 0.828. The van der Waals surface area contributed by atoms with E-state index in [0.717, 1.165) is 18.4 Å². The highest BCUT2D eigenvalue weighted by Gasteiger charge is 2.29. The van der Waals surface area contributed by atoms with Crippen molar-refractivity contribution >= 4 is 27.3 Å². The highest BCUT2D eigenvalue weighted by Crippen LogP contribution is 2.30. The third-order valence-electron chi connectivity index (χ3n) is 4.38. The molecule has 0 aliphatic heterocycles. The molecule has 1 amide bonds. The third kappa shape index (κ3) is 4.43. The molecular weight excluding hydrogens is 348 g/mol. The van der Waals surface area contributed by atoms with Crippen molar-refractivity contribution in [3.63, 3.8) is 0 Å². The van der Waals surface area contributed by atoms with Crippen molar-refractivity contribution < 1.29 is 13.2 Å². The predicted octanol–water partition coefficient (Wildman–Crippen LogP) is 4.13. The zero-order valence-corrected chi connectivity index (χ0v) is 16.1. The van der Waals surface area contributed by atoms with E-state index in [1.807, 2.05) is 12.1 Å². The highest BCUT2D eigenvalue weighted by atomic mass is 32.2. The lowest BCUT2D eigenvalue weighted by Crippen LogP contribution is -2.15. The van der Waals surface area contributed by atoms with Gasteiger partial charge in [0.05, 0.1) is 4.90 Å². The van der Waals surface area contributed by atoms with Gasteiger partial charge in [0.1, 0.15) is 0 Å². The van der Waals surface area contributed by atoms with Crippen molar-refractivity contribution in [2.75, 3.05) is 10.0 Å². The van der Waals surface area contributed by atoms with Crippen LogP contribution in [0.4, 0.5) is 11.4 Å². The minimum atomic E-state index is -3.65. The van der Waals surface area contributed by atoms with E-state index in [1.165, 1.54) is 0 Å². The molecule has 2 N–H and O–H groups in total. The summed E-state index contributed by atoms with van der Waals surface area (Å²) in [6, 6.07) is 13.6. The summed E-state index contributed by atoms with van der Waals surface area (Å²) in [7, 11) is -3.65. The summed E-state index contributed by atoms with van der Waals surface area (Å²) in [6.07, 6.45) is 1.88. The van der Waals surface area contributed by atoms with Crippen molar-refractivity contribution in [1.29, 1.82) is 0 Å². The van der Waals surface area contributed by atoms with Crippen molar-refractivity contribution in [2.45, 2.75) is 43.9 Å². The zero-order chi connectivity index (χ0) is 18.9. The Kier molecular flexibility index (Phi) is 4.80. The number of nitrogens with one attached hydrogen (secondary N) is 2. The van der Waals surface area contributed by atoms with E-state index in [-0.39, 0.29) is 22.1 Å². The van der Waals surface area contributed by atoms with Crippen molar-refractivity contribution in [2.24, 2.45) is 5.92 Å². The predicted molar refractivity (Wildman–Crippen MR) is 104 cm³/mol. The normalized spacial score (nSPS) is 14.7. The molecule has 1 saturated carbocycles. The molecule has 0 aromatic heterocycles. The maximum Gasteiger partial charge on any atom is 0.261 e. The van der Waals surface area contributed by atoms with E-state index in [1.54, 1.807) is 36.4 Å². The first-order chi connectivity index (χ1) is 12.1. The van der Waals surface area contributed by atoms with Crippen LogP contribution >= 0.6 is 0 Å². The molecule has 0 radical (unpaired) electrons. The Morgan fingerprint density at radius 3 is 1.96 bits per heavy atom. The second-order valence-corrected chi connectivity index (χ2v) is 9.40. The molecule has 6 heteroatoms. The molecular formula is C20H24N2O3S. The topological polar surface area (TPSA) is 75.3 Å². The van der Waals surface area contributed by atoms with Crippen LogP contribution in [0.5, 0.6) is 0 Å². The zero-order valence-electron chi connectivity index (χ0n) is 15.2. The van der Waals surface area contributed by atoms with Gasteiger partial charge in [-0.15, -0.1) is 0 Å². The lowest BCUT2D eigenvalue weighted by atomic mass is 9.87. The maximum absolute atomic E-state index is 12.5. The SMILES string of the molecule is CC(C)(C)c1ccc(S(=O)(=O)Nc2ccc(NC(=O)C3CC3)cc2)cc1. The van der Waals surface area contributed by atoms with Crippen molar-refractivity contribution in [3.05, 3.63) is 54.1 Å².